The van der Waals surface area contributed by atoms with Crippen LogP contribution in [0, 0.1) is 29.6 Å². The first kappa shape index (κ1) is 23.0. The van der Waals surface area contributed by atoms with Crippen molar-refractivity contribution in [2.45, 2.75) is 75.9 Å². The summed E-state index contributed by atoms with van der Waals surface area (Å²) < 4.78 is 113. The Hall–Kier alpha value is -0.640. The fraction of sp³-hybridized carbons (Fsp3) is 1.00. The summed E-state index contributed by atoms with van der Waals surface area (Å²) >= 11 is 0. The van der Waals surface area contributed by atoms with Crippen molar-refractivity contribution in [2.24, 2.45) is 29.6 Å². The van der Waals surface area contributed by atoms with Crippen LogP contribution in [0.15, 0.2) is 0 Å². The van der Waals surface area contributed by atoms with Gasteiger partial charge in [0.2, 0.25) is 0 Å². The number of ether oxygens (including phenoxy) is 2. The fourth-order valence-electron chi connectivity index (χ4n) is 5.40. The normalized spacial score (nSPS) is 32.8. The highest BCUT2D eigenvalue weighted by Gasteiger charge is 2.67. The monoisotopic (exact) mass is 438 g/mol. The van der Waals surface area contributed by atoms with E-state index in [1.54, 1.807) is 0 Å². The van der Waals surface area contributed by atoms with Crippen molar-refractivity contribution in [3.05, 3.63) is 0 Å². The second-order valence-corrected chi connectivity index (χ2v) is 9.00. The van der Waals surface area contributed by atoms with Crippen molar-refractivity contribution in [2.75, 3.05) is 13.2 Å². The number of hydrogen-bond donors (Lipinski definition) is 0. The average molecular weight is 438 g/mol. The molecule has 4 saturated carbocycles. The maximum Gasteiger partial charge on any atom is 0.423 e. The summed E-state index contributed by atoms with van der Waals surface area (Å²) in [5.74, 6) is -7.07. The molecule has 4 rings (SSSR count). The zero-order chi connectivity index (χ0) is 21.7. The molecule has 0 amide bonds. The summed E-state index contributed by atoms with van der Waals surface area (Å²) in [6.45, 7) is -0.263. The quantitative estimate of drug-likeness (QED) is 0.292. The Morgan fingerprint density at radius 2 is 1.28 bits per heavy atom. The summed E-state index contributed by atoms with van der Waals surface area (Å²) in [6.07, 6.45) is -7.63. The van der Waals surface area contributed by atoms with E-state index in [2.05, 4.69) is 4.74 Å². The number of halogens is 8. The molecule has 4 aliphatic carbocycles. The van der Waals surface area contributed by atoms with E-state index in [0.717, 1.165) is 37.5 Å². The van der Waals surface area contributed by atoms with Crippen LogP contribution in [0.25, 0.3) is 0 Å². The van der Waals surface area contributed by atoms with E-state index in [9.17, 15) is 35.1 Å². The minimum Gasteiger partial charge on any atom is -0.381 e. The molecule has 0 saturated heterocycles. The fourth-order valence-corrected chi connectivity index (χ4v) is 5.40. The van der Waals surface area contributed by atoms with E-state index in [1.165, 1.54) is 6.42 Å². The molecule has 0 aromatic rings. The molecule has 0 heterocycles. The number of rotatable bonds is 10. The summed E-state index contributed by atoms with van der Waals surface area (Å²) in [4.78, 5) is 0. The molecule has 0 aromatic heterocycles. The highest BCUT2D eigenvalue weighted by Crippen LogP contribution is 2.56. The van der Waals surface area contributed by atoms with Gasteiger partial charge in [-0.2, -0.15) is 35.1 Å². The molecular weight excluding hydrogens is 412 g/mol. The maximum absolute atomic E-state index is 13.6. The van der Waals surface area contributed by atoms with Crippen molar-refractivity contribution in [3.8, 4) is 0 Å². The third-order valence-corrected chi connectivity index (χ3v) is 6.70. The van der Waals surface area contributed by atoms with Crippen LogP contribution < -0.4 is 0 Å². The Labute approximate surface area is 164 Å². The summed E-state index contributed by atoms with van der Waals surface area (Å²) in [5, 5.41) is 0. The van der Waals surface area contributed by atoms with Crippen LogP contribution in [0.5, 0.6) is 0 Å². The maximum atomic E-state index is 13.6. The van der Waals surface area contributed by atoms with Gasteiger partial charge in [0.05, 0.1) is 0 Å². The van der Waals surface area contributed by atoms with Gasteiger partial charge in [-0.25, -0.2) is 4.74 Å². The topological polar surface area (TPSA) is 18.5 Å². The highest BCUT2D eigenvalue weighted by molar-refractivity contribution is 4.98. The van der Waals surface area contributed by atoms with E-state index in [4.69, 9.17) is 4.74 Å². The summed E-state index contributed by atoms with van der Waals surface area (Å²) in [7, 11) is 0. The summed E-state index contributed by atoms with van der Waals surface area (Å²) in [5.41, 5.74) is 0. The van der Waals surface area contributed by atoms with Gasteiger partial charge in [-0.1, -0.05) is 0 Å². The number of alkyl halides is 8. The van der Waals surface area contributed by atoms with Crippen molar-refractivity contribution >= 4 is 0 Å². The first-order valence-electron chi connectivity index (χ1n) is 10.0. The standard InChI is InChI=1S/C19H26F8O2/c1-16(20,21)18(24,25)29-19(26,27)17(22,23)3-2-4-28-10-15-13-6-11-5-12(8-13)9-14(15)7-11/h11-15H,2-10H2,1H3. The van der Waals surface area contributed by atoms with Crippen LogP contribution in [0.1, 0.15) is 51.9 Å². The van der Waals surface area contributed by atoms with Crippen molar-refractivity contribution in [1.29, 1.82) is 0 Å². The van der Waals surface area contributed by atoms with Crippen LogP contribution in [-0.2, 0) is 9.47 Å². The molecule has 4 aliphatic rings. The van der Waals surface area contributed by atoms with Crippen molar-refractivity contribution < 1.29 is 44.6 Å². The average Bonchev–Trinajstić information content (AvgIpc) is 2.53. The van der Waals surface area contributed by atoms with Gasteiger partial charge in [0.1, 0.15) is 0 Å². The summed E-state index contributed by atoms with van der Waals surface area (Å²) in [6, 6.07) is 0. The van der Waals surface area contributed by atoms with Crippen LogP contribution in [0.4, 0.5) is 35.1 Å². The molecule has 0 aliphatic heterocycles. The van der Waals surface area contributed by atoms with Gasteiger partial charge < -0.3 is 4.74 Å². The largest absolute Gasteiger partial charge is 0.423 e. The Bertz CT molecular complexity index is 547. The molecule has 0 spiro atoms. The smallest absolute Gasteiger partial charge is 0.381 e. The van der Waals surface area contributed by atoms with Gasteiger partial charge in [-0.3, -0.25) is 0 Å². The predicted octanol–water partition coefficient (Wildman–Crippen LogP) is 6.35. The first-order valence-corrected chi connectivity index (χ1v) is 10.0. The number of hydrogen-bond acceptors (Lipinski definition) is 2. The van der Waals surface area contributed by atoms with E-state index in [0.29, 0.717) is 24.4 Å². The van der Waals surface area contributed by atoms with Gasteiger partial charge in [-0.15, -0.1) is 0 Å². The van der Waals surface area contributed by atoms with E-state index in [-0.39, 0.29) is 13.5 Å². The van der Waals surface area contributed by atoms with Gasteiger partial charge >= 0.3 is 24.1 Å². The van der Waals surface area contributed by atoms with Crippen LogP contribution in [-0.4, -0.2) is 37.3 Å². The van der Waals surface area contributed by atoms with Crippen molar-refractivity contribution in [1.82, 2.24) is 0 Å². The zero-order valence-corrected chi connectivity index (χ0v) is 16.1. The molecular formula is C19H26F8O2. The predicted molar refractivity (Wildman–Crippen MR) is 87.1 cm³/mol. The lowest BCUT2D eigenvalue weighted by atomic mass is 9.52. The molecule has 4 fully saturated rings. The molecule has 4 bridgehead atoms. The molecule has 0 aromatic carbocycles. The van der Waals surface area contributed by atoms with Crippen LogP contribution in [0.2, 0.25) is 0 Å². The second-order valence-electron chi connectivity index (χ2n) is 9.00. The lowest BCUT2D eigenvalue weighted by Crippen LogP contribution is -2.52. The molecule has 2 nitrogen and oxygen atoms in total. The first-order chi connectivity index (χ1) is 13.2. The molecule has 0 radical (unpaired) electrons. The molecule has 0 N–H and O–H groups in total. The Morgan fingerprint density at radius 3 is 1.76 bits per heavy atom. The minimum absolute atomic E-state index is 0.241. The molecule has 170 valence electrons. The van der Waals surface area contributed by atoms with Gasteiger partial charge in [0.25, 0.3) is 0 Å². The lowest BCUT2D eigenvalue weighted by molar-refractivity contribution is -0.465. The van der Waals surface area contributed by atoms with Crippen LogP contribution >= 0.6 is 0 Å². The van der Waals surface area contributed by atoms with E-state index < -0.39 is 36.9 Å². The zero-order valence-electron chi connectivity index (χ0n) is 16.1. The van der Waals surface area contributed by atoms with Gasteiger partial charge in [0, 0.05) is 26.6 Å². The molecule has 29 heavy (non-hydrogen) atoms. The lowest BCUT2D eigenvalue weighted by Gasteiger charge is -2.54. The molecule has 10 heteroatoms. The Balaban J connectivity index is 1.42. The Kier molecular flexibility index (Phi) is 6.20. The molecule has 0 unspecified atom stereocenters. The van der Waals surface area contributed by atoms with Crippen LogP contribution in [0.3, 0.4) is 0 Å². The second kappa shape index (κ2) is 7.80. The third-order valence-electron chi connectivity index (χ3n) is 6.70. The SMILES string of the molecule is CC(F)(F)C(F)(F)OC(F)(F)C(F)(F)CCCOCC1C2CC3CC(C2)CC1C3. The minimum atomic E-state index is -5.74. The third kappa shape index (κ3) is 4.83. The van der Waals surface area contributed by atoms with Gasteiger partial charge in [0.15, 0.2) is 0 Å². The van der Waals surface area contributed by atoms with E-state index in [1.807, 2.05) is 0 Å². The van der Waals surface area contributed by atoms with Gasteiger partial charge in [-0.05, 0) is 68.1 Å². The molecule has 0 atom stereocenters. The Morgan fingerprint density at radius 1 is 0.759 bits per heavy atom. The van der Waals surface area contributed by atoms with E-state index >= 15 is 0 Å². The van der Waals surface area contributed by atoms with Crippen molar-refractivity contribution in [3.63, 3.8) is 0 Å². The highest BCUT2D eigenvalue weighted by atomic mass is 19.3.